The molecule has 1 aromatic heterocycles. The topological polar surface area (TPSA) is 59.5 Å². The first-order valence-electron chi connectivity index (χ1n) is 10.3. The summed E-state index contributed by atoms with van der Waals surface area (Å²) in [6.07, 6.45) is 1.76. The van der Waals surface area contributed by atoms with Crippen LogP contribution in [-0.4, -0.2) is 34.4 Å². The van der Waals surface area contributed by atoms with Crippen LogP contribution in [-0.2, 0) is 21.8 Å². The van der Waals surface area contributed by atoms with E-state index in [-0.39, 0.29) is 30.9 Å². The van der Waals surface area contributed by atoms with Crippen LogP contribution in [0.4, 0.5) is 4.39 Å². The molecule has 0 aliphatic heterocycles. The van der Waals surface area contributed by atoms with Crippen LogP contribution in [0.3, 0.4) is 0 Å². The SMILES string of the molecule is Cc1nc(CSc2ccccc2C(=O)OCC(=O)N(Cc2ccccc2F)C2CC2)cs1. The molecule has 1 saturated carbocycles. The van der Waals surface area contributed by atoms with Crippen LogP contribution in [0, 0.1) is 12.7 Å². The van der Waals surface area contributed by atoms with Gasteiger partial charge in [0.2, 0.25) is 0 Å². The molecule has 3 aromatic rings. The standard InChI is InChI=1S/C24H23FN2O3S2/c1-16-26-18(14-31-16)15-32-22-9-5-3-7-20(22)24(29)30-13-23(28)27(19-10-11-19)12-17-6-2-4-8-21(17)25/h2-9,14,19H,10-13,15H2,1H3. The first kappa shape index (κ1) is 22.5. The Labute approximate surface area is 194 Å². The zero-order chi connectivity index (χ0) is 22.5. The zero-order valence-electron chi connectivity index (χ0n) is 17.6. The molecule has 166 valence electrons. The van der Waals surface area contributed by atoms with Crippen LogP contribution in [0.1, 0.15) is 39.5 Å². The van der Waals surface area contributed by atoms with Crippen molar-refractivity contribution in [3.8, 4) is 0 Å². The summed E-state index contributed by atoms with van der Waals surface area (Å²) in [4.78, 5) is 32.3. The molecule has 1 amide bonds. The number of carbonyl (C=O) groups is 2. The summed E-state index contributed by atoms with van der Waals surface area (Å²) in [7, 11) is 0. The smallest absolute Gasteiger partial charge is 0.339 e. The number of hydrogen-bond donors (Lipinski definition) is 0. The number of amides is 1. The predicted octanol–water partition coefficient (Wildman–Crippen LogP) is 5.23. The summed E-state index contributed by atoms with van der Waals surface area (Å²) < 4.78 is 19.4. The van der Waals surface area contributed by atoms with Gasteiger partial charge in [-0.2, -0.15) is 0 Å². The number of esters is 1. The van der Waals surface area contributed by atoms with Crippen LogP contribution >= 0.6 is 23.1 Å². The second-order valence-corrected chi connectivity index (χ2v) is 9.64. The van der Waals surface area contributed by atoms with Crippen molar-refractivity contribution in [3.05, 3.63) is 81.6 Å². The third-order valence-corrected chi connectivity index (χ3v) is 7.01. The number of ether oxygens (including phenoxy) is 1. The Bertz CT molecular complexity index is 1110. The summed E-state index contributed by atoms with van der Waals surface area (Å²) in [6.45, 7) is 1.76. The lowest BCUT2D eigenvalue weighted by Crippen LogP contribution is -2.36. The quantitative estimate of drug-likeness (QED) is 0.317. The normalized spacial score (nSPS) is 13.1. The molecule has 1 aliphatic rings. The minimum absolute atomic E-state index is 0.0743. The number of benzene rings is 2. The van der Waals surface area contributed by atoms with Gasteiger partial charge in [0.1, 0.15) is 5.82 Å². The van der Waals surface area contributed by atoms with E-state index < -0.39 is 5.97 Å². The number of carbonyl (C=O) groups excluding carboxylic acids is 2. The highest BCUT2D eigenvalue weighted by Gasteiger charge is 2.33. The van der Waals surface area contributed by atoms with Gasteiger partial charge in [0.15, 0.2) is 6.61 Å². The molecule has 0 unspecified atom stereocenters. The van der Waals surface area contributed by atoms with Gasteiger partial charge in [0, 0.05) is 34.2 Å². The molecule has 4 rings (SSSR count). The van der Waals surface area contributed by atoms with Gasteiger partial charge >= 0.3 is 5.97 Å². The van der Waals surface area contributed by atoms with Gasteiger partial charge in [-0.25, -0.2) is 14.2 Å². The molecular weight excluding hydrogens is 447 g/mol. The van der Waals surface area contributed by atoms with Crippen molar-refractivity contribution in [1.29, 1.82) is 0 Å². The van der Waals surface area contributed by atoms with Crippen molar-refractivity contribution >= 4 is 35.0 Å². The molecule has 5 nitrogen and oxygen atoms in total. The largest absolute Gasteiger partial charge is 0.452 e. The van der Waals surface area contributed by atoms with E-state index >= 15 is 0 Å². The number of halogens is 1. The molecule has 0 N–H and O–H groups in total. The van der Waals surface area contributed by atoms with Crippen molar-refractivity contribution < 1.29 is 18.7 Å². The van der Waals surface area contributed by atoms with Crippen molar-refractivity contribution in [2.45, 2.75) is 43.0 Å². The maximum absolute atomic E-state index is 14.0. The average molecular weight is 471 g/mol. The van der Waals surface area contributed by atoms with E-state index in [2.05, 4.69) is 4.98 Å². The Hall–Kier alpha value is -2.71. The fourth-order valence-electron chi connectivity index (χ4n) is 3.29. The molecule has 0 atom stereocenters. The van der Waals surface area contributed by atoms with Gasteiger partial charge < -0.3 is 9.64 Å². The fraction of sp³-hybridized carbons (Fsp3) is 0.292. The molecule has 2 aromatic carbocycles. The molecule has 1 heterocycles. The molecule has 8 heteroatoms. The first-order valence-corrected chi connectivity index (χ1v) is 12.2. The van der Waals surface area contributed by atoms with Crippen LogP contribution in [0.25, 0.3) is 0 Å². The Morgan fingerprint density at radius 1 is 1.19 bits per heavy atom. The molecule has 1 fully saturated rings. The Kier molecular flexibility index (Phi) is 7.22. The number of nitrogens with zero attached hydrogens (tertiary/aromatic N) is 2. The van der Waals surface area contributed by atoms with Crippen LogP contribution in [0.15, 0.2) is 58.8 Å². The number of aromatic nitrogens is 1. The number of hydrogen-bond acceptors (Lipinski definition) is 6. The van der Waals surface area contributed by atoms with E-state index in [9.17, 15) is 14.0 Å². The van der Waals surface area contributed by atoms with Gasteiger partial charge in [0.25, 0.3) is 5.91 Å². The van der Waals surface area contributed by atoms with Gasteiger partial charge in [0.05, 0.1) is 16.3 Å². The third kappa shape index (κ3) is 5.75. The lowest BCUT2D eigenvalue weighted by Gasteiger charge is -2.22. The maximum atomic E-state index is 14.0. The minimum atomic E-state index is -0.544. The summed E-state index contributed by atoms with van der Waals surface area (Å²) in [5.41, 5.74) is 1.84. The molecule has 0 bridgehead atoms. The van der Waals surface area contributed by atoms with Gasteiger partial charge in [-0.15, -0.1) is 23.1 Å². The minimum Gasteiger partial charge on any atom is -0.452 e. The van der Waals surface area contributed by atoms with Crippen molar-refractivity contribution in [2.24, 2.45) is 0 Å². The highest BCUT2D eigenvalue weighted by Crippen LogP contribution is 2.30. The lowest BCUT2D eigenvalue weighted by molar-refractivity contribution is -0.135. The number of thiazole rings is 1. The molecule has 0 saturated heterocycles. The maximum Gasteiger partial charge on any atom is 0.339 e. The first-order chi connectivity index (χ1) is 15.5. The zero-order valence-corrected chi connectivity index (χ0v) is 19.3. The second kappa shape index (κ2) is 10.3. The van der Waals surface area contributed by atoms with E-state index in [0.29, 0.717) is 16.9 Å². The number of aryl methyl sites for hydroxylation is 1. The molecule has 32 heavy (non-hydrogen) atoms. The third-order valence-electron chi connectivity index (χ3n) is 5.08. The molecule has 1 aliphatic carbocycles. The summed E-state index contributed by atoms with van der Waals surface area (Å²) in [6, 6.07) is 13.7. The van der Waals surface area contributed by atoms with Crippen LogP contribution < -0.4 is 0 Å². The summed E-state index contributed by atoms with van der Waals surface area (Å²) >= 11 is 3.10. The second-order valence-electron chi connectivity index (χ2n) is 7.56. The number of rotatable bonds is 9. The van der Waals surface area contributed by atoms with Crippen molar-refractivity contribution in [2.75, 3.05) is 6.61 Å². The highest BCUT2D eigenvalue weighted by molar-refractivity contribution is 7.98. The van der Waals surface area contributed by atoms with E-state index in [1.807, 2.05) is 24.4 Å². The molecular formula is C24H23FN2O3S2. The predicted molar refractivity (Wildman–Crippen MR) is 123 cm³/mol. The van der Waals surface area contributed by atoms with E-state index in [1.54, 1.807) is 46.6 Å². The average Bonchev–Trinajstić information content (AvgIpc) is 3.56. The highest BCUT2D eigenvalue weighted by atomic mass is 32.2. The Balaban J connectivity index is 1.37. The van der Waals surface area contributed by atoms with E-state index in [1.165, 1.54) is 17.8 Å². The van der Waals surface area contributed by atoms with Gasteiger partial charge in [-0.05, 0) is 38.0 Å². The van der Waals surface area contributed by atoms with Crippen LogP contribution in [0.2, 0.25) is 0 Å². The van der Waals surface area contributed by atoms with E-state index in [4.69, 9.17) is 4.74 Å². The lowest BCUT2D eigenvalue weighted by atomic mass is 10.2. The van der Waals surface area contributed by atoms with Gasteiger partial charge in [-0.1, -0.05) is 30.3 Å². The monoisotopic (exact) mass is 470 g/mol. The van der Waals surface area contributed by atoms with Crippen molar-refractivity contribution in [3.63, 3.8) is 0 Å². The van der Waals surface area contributed by atoms with Crippen molar-refractivity contribution in [1.82, 2.24) is 9.88 Å². The molecule has 0 spiro atoms. The Morgan fingerprint density at radius 2 is 1.94 bits per heavy atom. The Morgan fingerprint density at radius 3 is 2.66 bits per heavy atom. The van der Waals surface area contributed by atoms with Gasteiger partial charge in [-0.3, -0.25) is 4.79 Å². The molecule has 0 radical (unpaired) electrons. The van der Waals surface area contributed by atoms with E-state index in [0.717, 1.165) is 28.4 Å². The number of thioether (sulfide) groups is 1. The fourth-order valence-corrected chi connectivity index (χ4v) is 4.94. The van der Waals surface area contributed by atoms with Crippen LogP contribution in [0.5, 0.6) is 0 Å². The summed E-state index contributed by atoms with van der Waals surface area (Å²) in [5.74, 6) is -0.556. The summed E-state index contributed by atoms with van der Waals surface area (Å²) in [5, 5.41) is 3.01.